The Balaban J connectivity index is 0.00000128. The van der Waals surface area contributed by atoms with Crippen molar-refractivity contribution in [3.05, 3.63) is 41.4 Å². The molecule has 0 aliphatic carbocycles. The van der Waals surface area contributed by atoms with Gasteiger partial charge in [-0.15, -0.1) is 0 Å². The fraction of sp³-hybridized carbons (Fsp3) is 0. The van der Waals surface area contributed by atoms with Crippen LogP contribution in [-0.4, -0.2) is 13.0 Å². The largest absolute Gasteiger partial charge is 1.00 e. The van der Waals surface area contributed by atoms with Crippen LogP contribution in [0.25, 0.3) is 10.8 Å². The first-order valence-corrected chi connectivity index (χ1v) is 5.92. The molecular weight excluding hydrogens is 275 g/mol. The predicted molar refractivity (Wildman–Crippen MR) is 56.9 cm³/mol. The van der Waals surface area contributed by atoms with Crippen molar-refractivity contribution in [1.29, 1.82) is 0 Å². The van der Waals surface area contributed by atoms with Gasteiger partial charge in [0.05, 0.1) is 4.90 Å². The van der Waals surface area contributed by atoms with Crippen molar-refractivity contribution in [2.75, 3.05) is 0 Å². The second-order valence-electron chi connectivity index (χ2n) is 3.05. The van der Waals surface area contributed by atoms with E-state index in [1.807, 2.05) is 0 Å². The summed E-state index contributed by atoms with van der Waals surface area (Å²) in [6.45, 7) is 0. The third-order valence-corrected chi connectivity index (χ3v) is 3.32. The Morgan fingerprint density at radius 3 is 2.12 bits per heavy atom. The zero-order chi connectivity index (χ0) is 11.1. The first-order valence-electron chi connectivity index (χ1n) is 4.13. The second kappa shape index (κ2) is 5.45. The third kappa shape index (κ3) is 2.86. The summed E-state index contributed by atoms with van der Waals surface area (Å²) in [6.07, 6.45) is 0. The Hall–Kier alpha value is 0.536. The van der Waals surface area contributed by atoms with E-state index in [-0.39, 0.29) is 56.3 Å². The van der Waals surface area contributed by atoms with Crippen LogP contribution in [0.2, 0.25) is 5.02 Å². The van der Waals surface area contributed by atoms with E-state index in [0.29, 0.717) is 15.8 Å². The van der Waals surface area contributed by atoms with Crippen LogP contribution in [0.1, 0.15) is 0 Å². The van der Waals surface area contributed by atoms with Gasteiger partial charge in [0.2, 0.25) is 0 Å². The molecule has 0 N–H and O–H groups in total. The van der Waals surface area contributed by atoms with E-state index in [1.54, 1.807) is 24.3 Å². The van der Waals surface area contributed by atoms with E-state index in [2.05, 4.69) is 0 Å². The quantitative estimate of drug-likeness (QED) is 0.518. The molecule has 0 unspecified atom stereocenters. The fourth-order valence-corrected chi connectivity index (χ4v) is 2.36. The maximum atomic E-state index is 11.0. The maximum Gasteiger partial charge on any atom is 1.00 e. The third-order valence-electron chi connectivity index (χ3n) is 2.10. The van der Waals surface area contributed by atoms with Crippen LogP contribution in [0.5, 0.6) is 0 Å². The van der Waals surface area contributed by atoms with E-state index in [9.17, 15) is 13.0 Å². The smallest absolute Gasteiger partial charge is 0.744 e. The Bertz CT molecular complexity index is 625. The number of hydrogen-bond donors (Lipinski definition) is 0. The standard InChI is InChI=1S/C10H7ClO3S.K/c11-9-5-6-10(15(12,13)14)8-4-2-1-3-7(8)9;/h1-6H,(H,12,13,14);/q;+1/p-1. The minimum Gasteiger partial charge on any atom is -0.744 e. The van der Waals surface area contributed by atoms with Crippen LogP contribution in [0.4, 0.5) is 0 Å². The molecule has 16 heavy (non-hydrogen) atoms. The first kappa shape index (κ1) is 14.6. The summed E-state index contributed by atoms with van der Waals surface area (Å²) >= 11 is 5.88. The van der Waals surface area contributed by atoms with Gasteiger partial charge in [-0.3, -0.25) is 0 Å². The van der Waals surface area contributed by atoms with Crippen molar-refractivity contribution in [3.8, 4) is 0 Å². The molecule has 0 spiro atoms. The Kier molecular flexibility index (Phi) is 4.97. The SMILES string of the molecule is O=S(=O)([O-])c1ccc(Cl)c2ccccc12.[K+]. The molecule has 0 aromatic heterocycles. The zero-order valence-corrected chi connectivity index (χ0v) is 13.2. The van der Waals surface area contributed by atoms with Crippen molar-refractivity contribution >= 4 is 32.5 Å². The molecule has 0 amide bonds. The van der Waals surface area contributed by atoms with Crippen LogP contribution < -0.4 is 51.4 Å². The molecule has 0 aliphatic rings. The molecule has 2 aromatic rings. The monoisotopic (exact) mass is 280 g/mol. The molecule has 0 saturated carbocycles. The van der Waals surface area contributed by atoms with E-state index >= 15 is 0 Å². The maximum absolute atomic E-state index is 11.0. The average molecular weight is 281 g/mol. The van der Waals surface area contributed by atoms with E-state index in [4.69, 9.17) is 11.6 Å². The summed E-state index contributed by atoms with van der Waals surface area (Å²) in [5.74, 6) is 0. The molecule has 2 rings (SSSR count). The average Bonchev–Trinajstić information content (AvgIpc) is 2.17. The van der Waals surface area contributed by atoms with Crippen molar-refractivity contribution in [2.45, 2.75) is 4.90 Å². The molecule has 3 nitrogen and oxygen atoms in total. The number of halogens is 1. The second-order valence-corrected chi connectivity index (χ2v) is 4.80. The molecule has 6 heteroatoms. The van der Waals surface area contributed by atoms with Crippen molar-refractivity contribution in [1.82, 2.24) is 0 Å². The normalized spacial score (nSPS) is 11.1. The first-order chi connectivity index (χ1) is 7.00. The summed E-state index contributed by atoms with van der Waals surface area (Å²) in [4.78, 5) is -0.234. The van der Waals surface area contributed by atoms with Gasteiger partial charge < -0.3 is 4.55 Å². The van der Waals surface area contributed by atoms with Gasteiger partial charge in [-0.1, -0.05) is 35.9 Å². The Labute approximate surface area is 141 Å². The molecular formula is C10H6ClKO3S. The minimum atomic E-state index is -4.45. The summed E-state index contributed by atoms with van der Waals surface area (Å²) in [5, 5.41) is 1.36. The van der Waals surface area contributed by atoms with Crippen LogP contribution in [0.15, 0.2) is 41.3 Å². The molecule has 0 bridgehead atoms. The van der Waals surface area contributed by atoms with Gasteiger partial charge in [0.15, 0.2) is 0 Å². The van der Waals surface area contributed by atoms with Gasteiger partial charge in [0, 0.05) is 15.8 Å². The van der Waals surface area contributed by atoms with Crippen LogP contribution in [-0.2, 0) is 10.1 Å². The van der Waals surface area contributed by atoms with Crippen molar-refractivity contribution in [3.63, 3.8) is 0 Å². The molecule has 2 aromatic carbocycles. The molecule has 0 saturated heterocycles. The number of benzene rings is 2. The van der Waals surface area contributed by atoms with Gasteiger partial charge in [0.1, 0.15) is 10.1 Å². The zero-order valence-electron chi connectivity index (χ0n) is 8.48. The van der Waals surface area contributed by atoms with E-state index < -0.39 is 10.1 Å². The molecule has 0 fully saturated rings. The molecule has 78 valence electrons. The Morgan fingerprint density at radius 1 is 1.00 bits per heavy atom. The van der Waals surface area contributed by atoms with Gasteiger partial charge in [-0.25, -0.2) is 8.42 Å². The van der Waals surface area contributed by atoms with Crippen molar-refractivity contribution < 1.29 is 64.4 Å². The summed E-state index contributed by atoms with van der Waals surface area (Å²) < 4.78 is 32.9. The summed E-state index contributed by atoms with van der Waals surface area (Å²) in [5.41, 5.74) is 0. The molecule has 0 radical (unpaired) electrons. The van der Waals surface area contributed by atoms with Gasteiger partial charge in [0.25, 0.3) is 0 Å². The minimum absolute atomic E-state index is 0. The summed E-state index contributed by atoms with van der Waals surface area (Å²) in [6, 6.07) is 9.27. The Morgan fingerprint density at radius 2 is 1.56 bits per heavy atom. The number of rotatable bonds is 1. The predicted octanol–water partition coefficient (Wildman–Crippen LogP) is -0.599. The topological polar surface area (TPSA) is 57.2 Å². The van der Waals surface area contributed by atoms with Crippen LogP contribution >= 0.6 is 11.6 Å². The summed E-state index contributed by atoms with van der Waals surface area (Å²) in [7, 11) is -4.45. The number of fused-ring (bicyclic) bond motifs is 1. The van der Waals surface area contributed by atoms with Gasteiger partial charge in [-0.2, -0.15) is 0 Å². The molecule has 0 heterocycles. The van der Waals surface area contributed by atoms with Crippen molar-refractivity contribution in [2.24, 2.45) is 0 Å². The number of hydrogen-bond acceptors (Lipinski definition) is 3. The van der Waals surface area contributed by atoms with E-state index in [0.717, 1.165) is 0 Å². The van der Waals surface area contributed by atoms with E-state index in [1.165, 1.54) is 12.1 Å². The molecule has 0 atom stereocenters. The van der Waals surface area contributed by atoms with Crippen LogP contribution in [0.3, 0.4) is 0 Å². The fourth-order valence-electron chi connectivity index (χ4n) is 1.45. The van der Waals surface area contributed by atoms with Gasteiger partial charge >= 0.3 is 51.4 Å². The molecule has 0 aliphatic heterocycles. The van der Waals surface area contributed by atoms with Crippen LogP contribution in [0, 0.1) is 0 Å². The van der Waals surface area contributed by atoms with Gasteiger partial charge in [-0.05, 0) is 12.1 Å².